The first-order chi connectivity index (χ1) is 12.4. The summed E-state index contributed by atoms with van der Waals surface area (Å²) in [6.07, 6.45) is 4.93. The zero-order valence-corrected chi connectivity index (χ0v) is 14.6. The lowest BCUT2D eigenvalue weighted by molar-refractivity contribution is -0.384. The number of nitrogens with zero attached hydrogens (tertiary/aromatic N) is 1. The number of hydrogen-bond donors (Lipinski definition) is 2. The smallest absolute Gasteiger partial charge is 0.338 e. The lowest BCUT2D eigenvalue weighted by Gasteiger charge is -2.22. The van der Waals surface area contributed by atoms with Crippen molar-refractivity contribution in [2.75, 3.05) is 6.61 Å². The highest BCUT2D eigenvalue weighted by molar-refractivity contribution is 6.32. The Morgan fingerprint density at radius 3 is 2.58 bits per heavy atom. The van der Waals surface area contributed by atoms with Crippen LogP contribution in [0.1, 0.15) is 42.5 Å². The number of nitro groups is 1. The number of benzene rings is 1. The Bertz CT molecular complexity index is 718. The lowest BCUT2D eigenvalue weighted by Crippen LogP contribution is -2.46. The van der Waals surface area contributed by atoms with Crippen molar-refractivity contribution in [1.29, 1.82) is 0 Å². The van der Waals surface area contributed by atoms with E-state index in [-0.39, 0.29) is 16.6 Å². The third-order valence-corrected chi connectivity index (χ3v) is 4.23. The molecule has 1 aromatic rings. The first-order valence-corrected chi connectivity index (χ1v) is 8.46. The maximum absolute atomic E-state index is 11.9. The van der Waals surface area contributed by atoms with Crippen LogP contribution in [0.2, 0.25) is 5.02 Å². The van der Waals surface area contributed by atoms with E-state index in [1.165, 1.54) is 12.1 Å². The standard InChI is InChI=1S/C16H18ClN3O6/c17-12-7-6-10(8-13(12)20(24)25)15(22)26-9-14(21)19-16(23)18-11-4-2-1-3-5-11/h6-8,11H,1-5,9H2,(H2,18,19,21,23). The normalized spacial score (nSPS) is 14.3. The number of ether oxygens (including phenoxy) is 1. The van der Waals surface area contributed by atoms with Gasteiger partial charge >= 0.3 is 12.0 Å². The molecule has 3 amide bonds. The molecule has 0 aromatic heterocycles. The van der Waals surface area contributed by atoms with Gasteiger partial charge in [0, 0.05) is 12.1 Å². The highest BCUT2D eigenvalue weighted by Crippen LogP contribution is 2.25. The Kier molecular flexibility index (Phi) is 6.90. The van der Waals surface area contributed by atoms with E-state index in [1.54, 1.807) is 0 Å². The molecule has 2 N–H and O–H groups in total. The fourth-order valence-corrected chi connectivity index (χ4v) is 2.81. The van der Waals surface area contributed by atoms with Crippen LogP contribution in [0.25, 0.3) is 0 Å². The fraction of sp³-hybridized carbons (Fsp3) is 0.438. The van der Waals surface area contributed by atoms with E-state index in [1.807, 2.05) is 0 Å². The van der Waals surface area contributed by atoms with Crippen molar-refractivity contribution in [3.05, 3.63) is 38.9 Å². The average molecular weight is 384 g/mol. The van der Waals surface area contributed by atoms with Crippen LogP contribution in [0.4, 0.5) is 10.5 Å². The molecule has 1 fully saturated rings. The number of carbonyl (C=O) groups excluding carboxylic acids is 3. The second-order valence-corrected chi connectivity index (χ2v) is 6.26. The van der Waals surface area contributed by atoms with E-state index in [4.69, 9.17) is 16.3 Å². The van der Waals surface area contributed by atoms with Crippen molar-refractivity contribution in [2.24, 2.45) is 0 Å². The number of imide groups is 1. The van der Waals surface area contributed by atoms with E-state index in [0.717, 1.165) is 38.2 Å². The summed E-state index contributed by atoms with van der Waals surface area (Å²) in [5.74, 6) is -1.73. The zero-order valence-electron chi connectivity index (χ0n) is 13.8. The fourth-order valence-electron chi connectivity index (χ4n) is 2.63. The Balaban J connectivity index is 1.81. The number of esters is 1. The summed E-state index contributed by atoms with van der Waals surface area (Å²) < 4.78 is 4.76. The van der Waals surface area contributed by atoms with Gasteiger partial charge in [-0.1, -0.05) is 30.9 Å². The molecule has 0 spiro atoms. The van der Waals surface area contributed by atoms with Gasteiger partial charge in [-0.2, -0.15) is 0 Å². The van der Waals surface area contributed by atoms with Crippen LogP contribution < -0.4 is 10.6 Å². The topological polar surface area (TPSA) is 128 Å². The molecule has 1 aliphatic rings. The van der Waals surface area contributed by atoms with Crippen LogP contribution in [0.15, 0.2) is 18.2 Å². The maximum Gasteiger partial charge on any atom is 0.338 e. The number of amides is 3. The molecule has 1 saturated carbocycles. The Labute approximate surface area is 154 Å². The molecule has 0 unspecified atom stereocenters. The number of hydrogen-bond acceptors (Lipinski definition) is 6. The quantitative estimate of drug-likeness (QED) is 0.457. The van der Waals surface area contributed by atoms with Gasteiger partial charge in [0.1, 0.15) is 5.02 Å². The second kappa shape index (κ2) is 9.14. The van der Waals surface area contributed by atoms with E-state index in [0.29, 0.717) is 0 Å². The number of carbonyl (C=O) groups is 3. The van der Waals surface area contributed by atoms with Gasteiger partial charge in [-0.25, -0.2) is 9.59 Å². The molecule has 10 heteroatoms. The van der Waals surface area contributed by atoms with Crippen LogP contribution in [0.5, 0.6) is 0 Å². The molecule has 9 nitrogen and oxygen atoms in total. The summed E-state index contributed by atoms with van der Waals surface area (Å²) in [5, 5.41) is 15.5. The summed E-state index contributed by atoms with van der Waals surface area (Å²) in [6, 6.07) is 2.78. The van der Waals surface area contributed by atoms with Gasteiger partial charge in [0.25, 0.3) is 11.6 Å². The summed E-state index contributed by atoms with van der Waals surface area (Å²) >= 11 is 5.66. The number of rotatable bonds is 5. The Morgan fingerprint density at radius 1 is 1.23 bits per heavy atom. The van der Waals surface area contributed by atoms with Gasteiger partial charge in [-0.15, -0.1) is 0 Å². The van der Waals surface area contributed by atoms with Gasteiger partial charge in [-0.3, -0.25) is 20.2 Å². The van der Waals surface area contributed by atoms with Gasteiger partial charge < -0.3 is 10.1 Å². The second-order valence-electron chi connectivity index (χ2n) is 5.86. The maximum atomic E-state index is 11.9. The molecule has 0 bridgehead atoms. The summed E-state index contributed by atoms with van der Waals surface area (Å²) in [7, 11) is 0. The predicted molar refractivity (Wildman–Crippen MR) is 91.9 cm³/mol. The van der Waals surface area contributed by atoms with Gasteiger partial charge in [0.05, 0.1) is 10.5 Å². The minimum absolute atomic E-state index is 0.0358. The number of nitrogens with one attached hydrogen (secondary N) is 2. The first kappa shape index (κ1) is 19.6. The molecule has 0 atom stereocenters. The van der Waals surface area contributed by atoms with E-state index in [9.17, 15) is 24.5 Å². The van der Waals surface area contributed by atoms with Crippen LogP contribution in [-0.2, 0) is 9.53 Å². The van der Waals surface area contributed by atoms with E-state index < -0.39 is 35.1 Å². The van der Waals surface area contributed by atoms with Crippen molar-refractivity contribution in [3.63, 3.8) is 0 Å². The molecular formula is C16H18ClN3O6. The molecule has 1 aliphatic carbocycles. The monoisotopic (exact) mass is 383 g/mol. The van der Waals surface area contributed by atoms with Gasteiger partial charge in [-0.05, 0) is 25.0 Å². The minimum atomic E-state index is -0.937. The molecule has 2 rings (SSSR count). The van der Waals surface area contributed by atoms with Crippen molar-refractivity contribution in [2.45, 2.75) is 38.1 Å². The highest BCUT2D eigenvalue weighted by Gasteiger charge is 2.20. The van der Waals surface area contributed by atoms with Crippen molar-refractivity contribution in [1.82, 2.24) is 10.6 Å². The molecule has 140 valence electrons. The summed E-state index contributed by atoms with van der Waals surface area (Å²) in [5.41, 5.74) is -0.571. The van der Waals surface area contributed by atoms with Crippen LogP contribution >= 0.6 is 11.6 Å². The Hall–Kier alpha value is -2.68. The molecular weight excluding hydrogens is 366 g/mol. The van der Waals surface area contributed by atoms with Crippen LogP contribution in [0, 0.1) is 10.1 Å². The largest absolute Gasteiger partial charge is 0.452 e. The third-order valence-electron chi connectivity index (χ3n) is 3.91. The molecule has 26 heavy (non-hydrogen) atoms. The van der Waals surface area contributed by atoms with Crippen molar-refractivity contribution >= 4 is 35.2 Å². The Morgan fingerprint density at radius 2 is 1.92 bits per heavy atom. The summed E-state index contributed by atoms with van der Waals surface area (Å²) in [4.78, 5) is 45.3. The van der Waals surface area contributed by atoms with E-state index >= 15 is 0 Å². The van der Waals surface area contributed by atoms with Crippen molar-refractivity contribution in [3.8, 4) is 0 Å². The molecule has 0 radical (unpaired) electrons. The minimum Gasteiger partial charge on any atom is -0.452 e. The van der Waals surface area contributed by atoms with E-state index in [2.05, 4.69) is 10.6 Å². The van der Waals surface area contributed by atoms with Gasteiger partial charge in [0.15, 0.2) is 6.61 Å². The first-order valence-electron chi connectivity index (χ1n) is 8.08. The number of urea groups is 1. The van der Waals surface area contributed by atoms with Crippen LogP contribution in [0.3, 0.4) is 0 Å². The van der Waals surface area contributed by atoms with Gasteiger partial charge in [0.2, 0.25) is 0 Å². The number of nitro benzene ring substituents is 1. The SMILES string of the molecule is O=C(COC(=O)c1ccc(Cl)c([N+](=O)[O-])c1)NC(=O)NC1CCCCC1. The molecule has 0 saturated heterocycles. The molecule has 0 heterocycles. The highest BCUT2D eigenvalue weighted by atomic mass is 35.5. The average Bonchev–Trinajstić information content (AvgIpc) is 2.60. The summed E-state index contributed by atoms with van der Waals surface area (Å²) in [6.45, 7) is -0.687. The molecule has 1 aromatic carbocycles. The third kappa shape index (κ3) is 5.69. The number of halogens is 1. The van der Waals surface area contributed by atoms with Crippen LogP contribution in [-0.4, -0.2) is 35.5 Å². The molecule has 0 aliphatic heterocycles. The predicted octanol–water partition coefficient (Wildman–Crippen LogP) is 2.56. The van der Waals surface area contributed by atoms with Crippen molar-refractivity contribution < 1.29 is 24.0 Å². The lowest BCUT2D eigenvalue weighted by atomic mass is 9.96. The zero-order chi connectivity index (χ0) is 19.1.